The third-order valence-electron chi connectivity index (χ3n) is 3.65. The summed E-state index contributed by atoms with van der Waals surface area (Å²) in [6.45, 7) is 2.12. The average molecular weight is 362 g/mol. The molecule has 0 radical (unpaired) electrons. The number of ether oxygens (including phenoxy) is 3. The lowest BCUT2D eigenvalue weighted by Gasteiger charge is -2.29. The number of methoxy groups -OCH3 is 1. The number of amides is 1. The molecule has 132 valence electrons. The molecule has 0 bridgehead atoms. The fraction of sp³-hybridized carbons (Fsp3) is 0.353. The van der Waals surface area contributed by atoms with Crippen LogP contribution in [0.1, 0.15) is 5.01 Å². The minimum Gasteiger partial charge on any atom is -0.482 e. The number of fused-ring (bicyclic) bond motifs is 1. The van der Waals surface area contributed by atoms with Gasteiger partial charge >= 0.3 is 5.97 Å². The van der Waals surface area contributed by atoms with Crippen molar-refractivity contribution in [2.75, 3.05) is 38.4 Å². The lowest BCUT2D eigenvalue weighted by molar-refractivity contribution is -0.144. The van der Waals surface area contributed by atoms with Crippen molar-refractivity contribution in [1.29, 1.82) is 0 Å². The Hall–Kier alpha value is -2.45. The molecule has 0 fully saturated rings. The first-order chi connectivity index (χ1) is 12.1. The Labute approximate surface area is 149 Å². The zero-order chi connectivity index (χ0) is 17.8. The predicted octanol–water partition coefficient (Wildman–Crippen LogP) is 2.03. The quantitative estimate of drug-likeness (QED) is 0.578. The number of aryl methyl sites for hydroxylation is 1. The van der Waals surface area contributed by atoms with Gasteiger partial charge in [0.2, 0.25) is 0 Å². The van der Waals surface area contributed by atoms with Crippen LogP contribution in [0.4, 0.5) is 5.69 Å². The summed E-state index contributed by atoms with van der Waals surface area (Å²) in [6.07, 6.45) is 0. The number of anilines is 1. The van der Waals surface area contributed by atoms with Crippen LogP contribution < -0.4 is 9.64 Å². The highest BCUT2D eigenvalue weighted by Gasteiger charge is 2.28. The lowest BCUT2D eigenvalue weighted by Crippen LogP contribution is -2.42. The van der Waals surface area contributed by atoms with Gasteiger partial charge in [-0.3, -0.25) is 14.5 Å². The van der Waals surface area contributed by atoms with Gasteiger partial charge in [0, 0.05) is 18.1 Å². The minimum atomic E-state index is -0.492. The Kier molecular flexibility index (Phi) is 5.30. The average Bonchev–Trinajstić information content (AvgIpc) is 3.04. The van der Waals surface area contributed by atoms with Crippen molar-refractivity contribution in [2.24, 2.45) is 0 Å². The number of rotatable bonds is 6. The Morgan fingerprint density at radius 1 is 1.40 bits per heavy atom. The van der Waals surface area contributed by atoms with Gasteiger partial charge in [0.25, 0.3) is 5.91 Å². The molecule has 0 atom stereocenters. The molecule has 0 saturated carbocycles. The Morgan fingerprint density at radius 2 is 2.24 bits per heavy atom. The van der Waals surface area contributed by atoms with Gasteiger partial charge in [-0.25, -0.2) is 4.98 Å². The second kappa shape index (κ2) is 7.62. The molecule has 25 heavy (non-hydrogen) atoms. The first-order valence-corrected chi connectivity index (χ1v) is 8.60. The van der Waals surface area contributed by atoms with Crippen LogP contribution in [0.3, 0.4) is 0 Å². The molecule has 7 nitrogen and oxygen atoms in total. The molecule has 8 heteroatoms. The topological polar surface area (TPSA) is 78.0 Å². The maximum atomic E-state index is 12.2. The van der Waals surface area contributed by atoms with E-state index in [9.17, 15) is 9.59 Å². The summed E-state index contributed by atoms with van der Waals surface area (Å²) >= 11 is 1.55. The molecule has 1 aliphatic heterocycles. The fourth-order valence-electron chi connectivity index (χ4n) is 2.44. The fourth-order valence-corrected chi connectivity index (χ4v) is 3.07. The second-order valence-electron chi connectivity index (χ2n) is 5.42. The maximum Gasteiger partial charge on any atom is 0.326 e. The summed E-state index contributed by atoms with van der Waals surface area (Å²) in [5.74, 6) is -0.226. The largest absolute Gasteiger partial charge is 0.482 e. The Balaban J connectivity index is 1.83. The van der Waals surface area contributed by atoms with Crippen LogP contribution in [-0.2, 0) is 19.1 Å². The van der Waals surface area contributed by atoms with Gasteiger partial charge in [0.1, 0.15) is 18.9 Å². The van der Waals surface area contributed by atoms with E-state index in [0.29, 0.717) is 18.0 Å². The molecular formula is C17H18N2O5S. The smallest absolute Gasteiger partial charge is 0.326 e. The number of nitrogens with zero attached hydrogens (tertiary/aromatic N) is 2. The summed E-state index contributed by atoms with van der Waals surface area (Å²) in [5, 5.41) is 2.91. The van der Waals surface area contributed by atoms with Crippen molar-refractivity contribution >= 4 is 28.9 Å². The van der Waals surface area contributed by atoms with E-state index >= 15 is 0 Å². The third kappa shape index (κ3) is 3.97. The van der Waals surface area contributed by atoms with E-state index < -0.39 is 5.97 Å². The summed E-state index contributed by atoms with van der Waals surface area (Å²) in [6, 6.07) is 5.48. The number of thiazole rings is 1. The second-order valence-corrected chi connectivity index (χ2v) is 6.48. The van der Waals surface area contributed by atoms with Crippen LogP contribution in [-0.4, -0.2) is 50.3 Å². The van der Waals surface area contributed by atoms with Crippen molar-refractivity contribution in [3.63, 3.8) is 0 Å². The van der Waals surface area contributed by atoms with Gasteiger partial charge < -0.3 is 14.2 Å². The molecule has 1 aliphatic rings. The number of aromatic nitrogens is 1. The van der Waals surface area contributed by atoms with E-state index in [0.717, 1.165) is 16.3 Å². The van der Waals surface area contributed by atoms with Gasteiger partial charge in [-0.05, 0) is 25.1 Å². The first-order valence-electron chi connectivity index (χ1n) is 7.73. The van der Waals surface area contributed by atoms with Crippen molar-refractivity contribution < 1.29 is 23.8 Å². The molecule has 1 aromatic carbocycles. The van der Waals surface area contributed by atoms with E-state index in [1.54, 1.807) is 17.4 Å². The molecule has 3 rings (SSSR count). The minimum absolute atomic E-state index is 0.104. The van der Waals surface area contributed by atoms with E-state index in [1.165, 1.54) is 12.0 Å². The Bertz CT molecular complexity index is 789. The van der Waals surface area contributed by atoms with E-state index in [4.69, 9.17) is 14.2 Å². The predicted molar refractivity (Wildman–Crippen MR) is 93.0 cm³/mol. The number of carbonyl (C=O) groups excluding carboxylic acids is 2. The molecule has 0 N–H and O–H groups in total. The van der Waals surface area contributed by atoms with E-state index in [-0.39, 0.29) is 25.7 Å². The monoisotopic (exact) mass is 362 g/mol. The van der Waals surface area contributed by atoms with Crippen molar-refractivity contribution in [2.45, 2.75) is 6.92 Å². The highest BCUT2D eigenvalue weighted by molar-refractivity contribution is 7.09. The van der Waals surface area contributed by atoms with Crippen LogP contribution >= 0.6 is 11.3 Å². The van der Waals surface area contributed by atoms with Gasteiger partial charge in [-0.15, -0.1) is 11.3 Å². The first kappa shape index (κ1) is 17.4. The highest BCUT2D eigenvalue weighted by atomic mass is 32.1. The standard InChI is InChI=1S/C17H18N2O5S/c1-11-18-13(10-25-11)12-3-4-15-14(7-12)19(16(20)9-24-15)8-17(21)23-6-5-22-2/h3-4,7,10H,5-6,8-9H2,1-2H3. The number of esters is 1. The van der Waals surface area contributed by atoms with Crippen LogP contribution in [0.15, 0.2) is 23.6 Å². The van der Waals surface area contributed by atoms with Gasteiger partial charge in [-0.1, -0.05) is 0 Å². The molecule has 0 saturated heterocycles. The van der Waals surface area contributed by atoms with Gasteiger partial charge in [0.15, 0.2) is 6.61 Å². The lowest BCUT2D eigenvalue weighted by atomic mass is 10.1. The number of hydrogen-bond acceptors (Lipinski definition) is 7. The molecule has 1 amide bonds. The zero-order valence-corrected chi connectivity index (χ0v) is 14.8. The van der Waals surface area contributed by atoms with Crippen molar-refractivity contribution in [3.8, 4) is 17.0 Å². The molecular weight excluding hydrogens is 344 g/mol. The molecule has 0 spiro atoms. The number of hydrogen-bond donors (Lipinski definition) is 0. The Morgan fingerprint density at radius 3 is 2.96 bits per heavy atom. The van der Waals surface area contributed by atoms with Crippen LogP contribution in [0.5, 0.6) is 5.75 Å². The molecule has 2 aromatic rings. The van der Waals surface area contributed by atoms with Crippen molar-refractivity contribution in [1.82, 2.24) is 4.98 Å². The summed E-state index contributed by atoms with van der Waals surface area (Å²) in [7, 11) is 1.53. The molecule has 0 unspecified atom stereocenters. The van der Waals surface area contributed by atoms with Crippen LogP contribution in [0.25, 0.3) is 11.3 Å². The summed E-state index contributed by atoms with van der Waals surface area (Å²) in [4.78, 5) is 30.0. The molecule has 1 aromatic heterocycles. The normalized spacial score (nSPS) is 13.4. The van der Waals surface area contributed by atoms with E-state index in [2.05, 4.69) is 4.98 Å². The SMILES string of the molecule is COCCOC(=O)CN1C(=O)COc2ccc(-c3csc(C)n3)cc21. The summed E-state index contributed by atoms with van der Waals surface area (Å²) in [5.41, 5.74) is 2.23. The highest BCUT2D eigenvalue weighted by Crippen LogP contribution is 2.36. The third-order valence-corrected chi connectivity index (χ3v) is 4.43. The van der Waals surface area contributed by atoms with Gasteiger partial charge in [-0.2, -0.15) is 0 Å². The summed E-state index contributed by atoms with van der Waals surface area (Å²) < 4.78 is 15.4. The number of benzene rings is 1. The zero-order valence-electron chi connectivity index (χ0n) is 14.0. The van der Waals surface area contributed by atoms with Crippen LogP contribution in [0.2, 0.25) is 0 Å². The van der Waals surface area contributed by atoms with Crippen LogP contribution in [0, 0.1) is 6.92 Å². The molecule has 2 heterocycles. The maximum absolute atomic E-state index is 12.2. The van der Waals surface area contributed by atoms with E-state index in [1.807, 2.05) is 24.4 Å². The van der Waals surface area contributed by atoms with Crippen molar-refractivity contribution in [3.05, 3.63) is 28.6 Å². The van der Waals surface area contributed by atoms with Gasteiger partial charge in [0.05, 0.1) is 23.0 Å². The number of carbonyl (C=O) groups is 2. The molecule has 0 aliphatic carbocycles.